The summed E-state index contributed by atoms with van der Waals surface area (Å²) in [5.41, 5.74) is 8.76. The quantitative estimate of drug-likeness (QED) is 0.339. The first-order valence-electron chi connectivity index (χ1n) is 11.6. The largest absolute Gasteiger partial charge is 1.00 e. The molecule has 2 N–H and O–H groups in total. The van der Waals surface area contributed by atoms with Crippen molar-refractivity contribution in [2.24, 2.45) is 5.92 Å². The van der Waals surface area contributed by atoms with Gasteiger partial charge in [0.2, 0.25) is 0 Å². The van der Waals surface area contributed by atoms with Crippen molar-refractivity contribution in [2.75, 3.05) is 5.73 Å². The molecule has 1 unspecified atom stereocenters. The number of rotatable bonds is 6. The van der Waals surface area contributed by atoms with Crippen molar-refractivity contribution in [2.45, 2.75) is 58.2 Å². The number of hydrogen-bond acceptors (Lipinski definition) is 2. The van der Waals surface area contributed by atoms with E-state index >= 15 is 0 Å². The molecule has 0 saturated heterocycles. The van der Waals surface area contributed by atoms with Gasteiger partial charge in [0.1, 0.15) is 0 Å². The minimum atomic E-state index is -4.59. The summed E-state index contributed by atoms with van der Waals surface area (Å²) < 4.78 is 40.5. The van der Waals surface area contributed by atoms with Crippen molar-refractivity contribution in [1.29, 1.82) is 5.26 Å². The number of hydrogen-bond donors (Lipinski definition) is 1. The number of nitriles is 1. The summed E-state index contributed by atoms with van der Waals surface area (Å²) in [6, 6.07) is 21.1. The molecule has 1 aliphatic carbocycles. The molecule has 1 atom stereocenters. The Hall–Kier alpha value is -1.82. The van der Waals surface area contributed by atoms with Crippen LogP contribution in [-0.4, -0.2) is 6.04 Å². The van der Waals surface area contributed by atoms with Gasteiger partial charge in [-0.3, -0.25) is 0 Å². The van der Waals surface area contributed by atoms with Crippen molar-refractivity contribution in [3.8, 4) is 17.2 Å². The standard InChI is InChI=1S/C28H27F3N3.CH4.K/c29-28(30,31)26-17-25(13-12-23(26)18-32)34-27(20-7-2-1-3-8-20)15-19-6-4-9-21(14-19)22-10-5-11-24(33)16-22;;/h4-6,9-14,16-17,20,27H,1-3,7-8,15,33H2;1H4;/q-1;;+1. The van der Waals surface area contributed by atoms with E-state index < -0.39 is 11.7 Å². The SMILES string of the molecule is C.N#Cc1ccc([N-]C(Cc2cccc(-c3cccc(N)c3)c2)C2CCCCC2)cc1C(F)(F)F.[K+]. The fourth-order valence-corrected chi connectivity index (χ4v) is 4.81. The fourth-order valence-electron chi connectivity index (χ4n) is 4.81. The molecule has 0 radical (unpaired) electrons. The van der Waals surface area contributed by atoms with Crippen LogP contribution in [0, 0.1) is 17.2 Å². The molecule has 7 heteroatoms. The fraction of sp³-hybridized carbons (Fsp3) is 0.345. The molecular weight excluding hydrogens is 486 g/mol. The van der Waals surface area contributed by atoms with Crippen molar-refractivity contribution in [3.63, 3.8) is 0 Å². The van der Waals surface area contributed by atoms with Crippen LogP contribution in [0.5, 0.6) is 0 Å². The minimum Gasteiger partial charge on any atom is -0.681 e. The first-order valence-corrected chi connectivity index (χ1v) is 11.6. The van der Waals surface area contributed by atoms with Gasteiger partial charge in [-0.1, -0.05) is 94.0 Å². The van der Waals surface area contributed by atoms with Crippen molar-refractivity contribution < 1.29 is 64.6 Å². The van der Waals surface area contributed by atoms with Crippen LogP contribution in [0.25, 0.3) is 16.4 Å². The molecule has 4 rings (SSSR count). The summed E-state index contributed by atoms with van der Waals surface area (Å²) in [6.45, 7) is 0. The maximum absolute atomic E-state index is 13.5. The number of alkyl halides is 3. The third-order valence-corrected chi connectivity index (χ3v) is 6.53. The summed E-state index contributed by atoms with van der Waals surface area (Å²) in [4.78, 5) is 0. The van der Waals surface area contributed by atoms with Gasteiger partial charge in [0.15, 0.2) is 0 Å². The molecule has 184 valence electrons. The molecule has 36 heavy (non-hydrogen) atoms. The van der Waals surface area contributed by atoms with Gasteiger partial charge in [0, 0.05) is 5.69 Å². The van der Waals surface area contributed by atoms with Crippen molar-refractivity contribution in [1.82, 2.24) is 0 Å². The smallest absolute Gasteiger partial charge is 0.681 e. The van der Waals surface area contributed by atoms with Gasteiger partial charge in [0.25, 0.3) is 0 Å². The Morgan fingerprint density at radius 1 is 0.944 bits per heavy atom. The second-order valence-electron chi connectivity index (χ2n) is 8.96. The van der Waals surface area contributed by atoms with E-state index in [0.717, 1.165) is 48.4 Å². The molecule has 0 aromatic heterocycles. The molecular formula is C29H31F3KN3. The Bertz CT molecular complexity index is 1180. The van der Waals surface area contributed by atoms with E-state index in [-0.39, 0.29) is 76.1 Å². The van der Waals surface area contributed by atoms with Gasteiger partial charge >= 0.3 is 57.6 Å². The molecule has 3 aromatic rings. The van der Waals surface area contributed by atoms with Gasteiger partial charge in [-0.05, 0) is 41.3 Å². The third kappa shape index (κ3) is 7.84. The average molecular weight is 518 g/mol. The molecule has 1 aliphatic rings. The van der Waals surface area contributed by atoms with E-state index in [4.69, 9.17) is 16.3 Å². The van der Waals surface area contributed by atoms with Crippen molar-refractivity contribution >= 4 is 11.4 Å². The molecule has 0 spiro atoms. The second-order valence-corrected chi connectivity index (χ2v) is 8.96. The van der Waals surface area contributed by atoms with Crippen molar-refractivity contribution in [3.05, 3.63) is 88.7 Å². The van der Waals surface area contributed by atoms with Crippen LogP contribution < -0.4 is 57.1 Å². The van der Waals surface area contributed by atoms with Gasteiger partial charge in [0.05, 0.1) is 17.2 Å². The van der Waals surface area contributed by atoms with E-state index in [1.54, 1.807) is 6.07 Å². The maximum atomic E-state index is 13.5. The second kappa shape index (κ2) is 13.6. The van der Waals surface area contributed by atoms with Crippen LogP contribution in [0.4, 0.5) is 24.5 Å². The topological polar surface area (TPSA) is 63.9 Å². The zero-order chi connectivity index (χ0) is 24.1. The number of nitrogens with two attached hydrogens (primary N) is 1. The minimum absolute atomic E-state index is 0. The molecule has 0 bridgehead atoms. The molecule has 3 aromatic carbocycles. The first kappa shape index (κ1) is 30.4. The third-order valence-electron chi connectivity index (χ3n) is 6.53. The number of anilines is 1. The predicted octanol–water partition coefficient (Wildman–Crippen LogP) is 5.66. The molecule has 1 fully saturated rings. The van der Waals surface area contributed by atoms with Crippen LogP contribution in [0.1, 0.15) is 56.2 Å². The van der Waals surface area contributed by atoms with Crippen LogP contribution in [0.15, 0.2) is 66.7 Å². The van der Waals surface area contributed by atoms with Gasteiger partial charge < -0.3 is 11.1 Å². The Morgan fingerprint density at radius 3 is 2.25 bits per heavy atom. The Balaban J connectivity index is 0.00000228. The zero-order valence-corrected chi connectivity index (χ0v) is 23.0. The normalized spacial score (nSPS) is 14.6. The van der Waals surface area contributed by atoms with Crippen LogP contribution in [0.3, 0.4) is 0 Å². The van der Waals surface area contributed by atoms with E-state index in [9.17, 15) is 13.2 Å². The average Bonchev–Trinajstić information content (AvgIpc) is 2.84. The molecule has 0 amide bonds. The molecule has 3 nitrogen and oxygen atoms in total. The molecule has 1 saturated carbocycles. The van der Waals surface area contributed by atoms with Crippen LogP contribution in [-0.2, 0) is 12.6 Å². The van der Waals surface area contributed by atoms with Crippen LogP contribution in [0.2, 0.25) is 0 Å². The van der Waals surface area contributed by atoms with Gasteiger partial charge in [-0.25, -0.2) is 0 Å². The van der Waals surface area contributed by atoms with E-state index in [0.29, 0.717) is 18.0 Å². The van der Waals surface area contributed by atoms with E-state index in [1.165, 1.54) is 18.6 Å². The summed E-state index contributed by atoms with van der Waals surface area (Å²) in [5.74, 6) is 0.315. The summed E-state index contributed by atoms with van der Waals surface area (Å²) >= 11 is 0. The molecule has 0 heterocycles. The van der Waals surface area contributed by atoms with E-state index in [2.05, 4.69) is 6.07 Å². The maximum Gasteiger partial charge on any atom is 1.00 e. The number of nitrogen functional groups attached to an aromatic ring is 1. The summed E-state index contributed by atoms with van der Waals surface area (Å²) in [6.07, 6.45) is 1.49. The monoisotopic (exact) mass is 517 g/mol. The van der Waals surface area contributed by atoms with Gasteiger partial charge in [-0.2, -0.15) is 18.4 Å². The summed E-state index contributed by atoms with van der Waals surface area (Å²) in [5, 5.41) is 13.9. The Morgan fingerprint density at radius 2 is 1.61 bits per heavy atom. The number of benzene rings is 3. The van der Waals surface area contributed by atoms with E-state index in [1.807, 2.05) is 42.5 Å². The first-order chi connectivity index (χ1) is 16.3. The van der Waals surface area contributed by atoms with Crippen LogP contribution >= 0.6 is 0 Å². The Kier molecular flexibility index (Phi) is 11.5. The summed E-state index contributed by atoms with van der Waals surface area (Å²) in [7, 11) is 0. The number of nitrogens with zero attached hydrogens (tertiary/aromatic N) is 2. The number of halogens is 3. The predicted molar refractivity (Wildman–Crippen MR) is 136 cm³/mol. The molecule has 0 aliphatic heterocycles. The van der Waals surface area contributed by atoms with Gasteiger partial charge in [-0.15, -0.1) is 11.7 Å². The zero-order valence-electron chi connectivity index (χ0n) is 19.9. The Labute approximate surface area is 254 Å².